The highest BCUT2D eigenvalue weighted by Crippen LogP contribution is 1.91. The van der Waals surface area contributed by atoms with Crippen LogP contribution in [0.1, 0.15) is 13.3 Å². The Morgan fingerprint density at radius 2 is 2.15 bits per heavy atom. The first-order chi connectivity index (χ1) is 6.33. The highest BCUT2D eigenvalue weighted by molar-refractivity contribution is 5.75. The Balaban J connectivity index is 2.01. The first-order valence-corrected chi connectivity index (χ1v) is 4.95. The average molecular weight is 184 g/mol. The van der Waals surface area contributed by atoms with Crippen molar-refractivity contribution < 1.29 is 4.79 Å². The minimum Gasteiger partial charge on any atom is -0.355 e. The minimum atomic E-state index is 0.140. The van der Waals surface area contributed by atoms with Gasteiger partial charge in [0.1, 0.15) is 0 Å². The predicted molar refractivity (Wildman–Crippen MR) is 51.6 cm³/mol. The lowest BCUT2D eigenvalue weighted by atomic mass is 10.3. The molecule has 1 fully saturated rings. The van der Waals surface area contributed by atoms with Gasteiger partial charge in [-0.2, -0.15) is 0 Å². The maximum absolute atomic E-state index is 10.9. The van der Waals surface area contributed by atoms with E-state index in [4.69, 9.17) is 0 Å². The summed E-state index contributed by atoms with van der Waals surface area (Å²) in [7, 11) is 0. The number of rotatable bonds is 4. The fourth-order valence-electron chi connectivity index (χ4n) is 1.35. The zero-order valence-electron chi connectivity index (χ0n) is 8.25. The summed E-state index contributed by atoms with van der Waals surface area (Å²) in [6.07, 6.45) is 0.579. The molecule has 1 N–H and O–H groups in total. The molecule has 0 unspecified atom stereocenters. The van der Waals surface area contributed by atoms with Crippen LogP contribution in [0.5, 0.6) is 0 Å². The Morgan fingerprint density at radius 3 is 2.77 bits per heavy atom. The summed E-state index contributed by atoms with van der Waals surface area (Å²) in [5.74, 6) is 0.140. The molecule has 0 saturated carbocycles. The number of amides is 1. The molecule has 1 aliphatic rings. The molecule has 0 aromatic heterocycles. The second-order valence-electron chi connectivity index (χ2n) is 3.22. The normalized spacial score (nSPS) is 18.5. The second-order valence-corrected chi connectivity index (χ2v) is 3.22. The topological polar surface area (TPSA) is 46.4 Å². The Labute approximate surface area is 79.7 Å². The standard InChI is InChI=1S/C9H18N3O/c1-2-9(13)11-5-8-12-6-3-10-4-7-12/h2-8H2,1H3,(H,11,13). The average Bonchev–Trinajstić information content (AvgIpc) is 2.19. The summed E-state index contributed by atoms with van der Waals surface area (Å²) in [5, 5.41) is 7.13. The summed E-state index contributed by atoms with van der Waals surface area (Å²) < 4.78 is 0. The van der Waals surface area contributed by atoms with Crippen molar-refractivity contribution in [2.75, 3.05) is 39.3 Å². The van der Waals surface area contributed by atoms with Gasteiger partial charge in [-0.3, -0.25) is 9.69 Å². The molecular weight excluding hydrogens is 166 g/mol. The SMILES string of the molecule is CCC(=O)NCCN1CC[N]CC1. The molecule has 0 spiro atoms. The van der Waals surface area contributed by atoms with Crippen LogP contribution in [-0.2, 0) is 4.79 Å². The van der Waals surface area contributed by atoms with E-state index in [1.165, 1.54) is 0 Å². The molecule has 1 aliphatic heterocycles. The Kier molecular flexibility index (Phi) is 4.78. The van der Waals surface area contributed by atoms with Gasteiger partial charge in [-0.1, -0.05) is 6.92 Å². The molecule has 1 rings (SSSR count). The molecule has 1 heterocycles. The van der Waals surface area contributed by atoms with E-state index < -0.39 is 0 Å². The fourth-order valence-corrected chi connectivity index (χ4v) is 1.35. The minimum absolute atomic E-state index is 0.140. The zero-order valence-corrected chi connectivity index (χ0v) is 8.25. The van der Waals surface area contributed by atoms with Crippen molar-refractivity contribution in [2.45, 2.75) is 13.3 Å². The number of nitrogens with zero attached hydrogens (tertiary/aromatic N) is 2. The van der Waals surface area contributed by atoms with Crippen LogP contribution in [0.15, 0.2) is 0 Å². The summed E-state index contributed by atoms with van der Waals surface area (Å²) in [6, 6.07) is 0. The molecule has 1 radical (unpaired) electrons. The number of carbonyl (C=O) groups is 1. The molecule has 0 bridgehead atoms. The van der Waals surface area contributed by atoms with Gasteiger partial charge in [0, 0.05) is 45.7 Å². The lowest BCUT2D eigenvalue weighted by Crippen LogP contribution is -2.43. The largest absolute Gasteiger partial charge is 0.355 e. The lowest BCUT2D eigenvalue weighted by Gasteiger charge is -2.26. The van der Waals surface area contributed by atoms with Crippen molar-refractivity contribution in [3.63, 3.8) is 0 Å². The summed E-state index contributed by atoms with van der Waals surface area (Å²) in [4.78, 5) is 13.2. The molecule has 4 nitrogen and oxygen atoms in total. The molecule has 0 aromatic carbocycles. The molecule has 0 aromatic rings. The van der Waals surface area contributed by atoms with Crippen molar-refractivity contribution >= 4 is 5.91 Å². The first-order valence-electron chi connectivity index (χ1n) is 4.95. The van der Waals surface area contributed by atoms with Gasteiger partial charge >= 0.3 is 0 Å². The van der Waals surface area contributed by atoms with Crippen molar-refractivity contribution in [1.82, 2.24) is 15.5 Å². The van der Waals surface area contributed by atoms with E-state index in [2.05, 4.69) is 15.5 Å². The van der Waals surface area contributed by atoms with Gasteiger partial charge in [0.05, 0.1) is 0 Å². The maximum atomic E-state index is 10.9. The Morgan fingerprint density at radius 1 is 1.46 bits per heavy atom. The van der Waals surface area contributed by atoms with E-state index >= 15 is 0 Å². The van der Waals surface area contributed by atoms with Crippen molar-refractivity contribution in [1.29, 1.82) is 0 Å². The van der Waals surface area contributed by atoms with Crippen molar-refractivity contribution in [3.05, 3.63) is 0 Å². The van der Waals surface area contributed by atoms with Gasteiger partial charge in [0.2, 0.25) is 5.91 Å². The third-order valence-corrected chi connectivity index (χ3v) is 2.22. The highest BCUT2D eigenvalue weighted by atomic mass is 16.1. The molecule has 75 valence electrons. The summed E-state index contributed by atoms with van der Waals surface area (Å²) in [6.45, 7) is 7.58. The number of piperazine rings is 1. The maximum Gasteiger partial charge on any atom is 0.219 e. The molecule has 13 heavy (non-hydrogen) atoms. The van der Waals surface area contributed by atoms with E-state index in [-0.39, 0.29) is 5.91 Å². The van der Waals surface area contributed by atoms with Crippen molar-refractivity contribution in [3.8, 4) is 0 Å². The van der Waals surface area contributed by atoms with Crippen molar-refractivity contribution in [2.24, 2.45) is 0 Å². The zero-order chi connectivity index (χ0) is 9.52. The van der Waals surface area contributed by atoms with Crippen LogP contribution >= 0.6 is 0 Å². The lowest BCUT2D eigenvalue weighted by molar-refractivity contribution is -0.120. The van der Waals surface area contributed by atoms with E-state index in [1.54, 1.807) is 0 Å². The van der Waals surface area contributed by atoms with E-state index in [9.17, 15) is 4.79 Å². The quantitative estimate of drug-likeness (QED) is 0.636. The first kappa shape index (κ1) is 10.5. The van der Waals surface area contributed by atoms with Crippen LogP contribution in [0.3, 0.4) is 0 Å². The highest BCUT2D eigenvalue weighted by Gasteiger charge is 2.09. The van der Waals surface area contributed by atoms with Crippen LogP contribution in [0.2, 0.25) is 0 Å². The van der Waals surface area contributed by atoms with Gasteiger partial charge in [-0.05, 0) is 0 Å². The van der Waals surface area contributed by atoms with Gasteiger partial charge in [-0.25, -0.2) is 5.32 Å². The number of carbonyl (C=O) groups excluding carboxylic acids is 1. The molecule has 0 aliphatic carbocycles. The summed E-state index contributed by atoms with van der Waals surface area (Å²) >= 11 is 0. The molecule has 1 amide bonds. The van der Waals surface area contributed by atoms with Gasteiger partial charge < -0.3 is 5.32 Å². The number of hydrogen-bond donors (Lipinski definition) is 1. The Bertz CT molecular complexity index is 155. The van der Waals surface area contributed by atoms with Crippen LogP contribution in [0, 0.1) is 0 Å². The predicted octanol–water partition coefficient (Wildman–Crippen LogP) is -0.567. The molecule has 1 saturated heterocycles. The Hall–Kier alpha value is -0.610. The van der Waals surface area contributed by atoms with Gasteiger partial charge in [0.25, 0.3) is 0 Å². The molecule has 0 atom stereocenters. The van der Waals surface area contributed by atoms with E-state index in [0.717, 1.165) is 39.3 Å². The smallest absolute Gasteiger partial charge is 0.219 e. The van der Waals surface area contributed by atoms with Crippen LogP contribution in [-0.4, -0.2) is 50.1 Å². The molecule has 4 heteroatoms. The van der Waals surface area contributed by atoms with E-state index in [0.29, 0.717) is 6.42 Å². The van der Waals surface area contributed by atoms with Gasteiger partial charge in [-0.15, -0.1) is 0 Å². The second kappa shape index (κ2) is 5.94. The van der Waals surface area contributed by atoms with Crippen LogP contribution < -0.4 is 10.6 Å². The monoisotopic (exact) mass is 184 g/mol. The van der Waals surface area contributed by atoms with Crippen LogP contribution in [0.25, 0.3) is 0 Å². The van der Waals surface area contributed by atoms with Gasteiger partial charge in [0.15, 0.2) is 0 Å². The third kappa shape index (κ3) is 4.24. The van der Waals surface area contributed by atoms with E-state index in [1.807, 2.05) is 6.92 Å². The summed E-state index contributed by atoms with van der Waals surface area (Å²) in [5.41, 5.74) is 0. The molecular formula is C9H18N3O. The van der Waals surface area contributed by atoms with Crippen LogP contribution in [0.4, 0.5) is 0 Å². The fraction of sp³-hybridized carbons (Fsp3) is 0.889. The third-order valence-electron chi connectivity index (χ3n) is 2.22. The number of nitrogens with one attached hydrogen (secondary N) is 1. The number of hydrogen-bond acceptors (Lipinski definition) is 2.